The Morgan fingerprint density at radius 1 is 1.54 bits per heavy atom. The van der Waals surface area contributed by atoms with E-state index in [1.165, 1.54) is 0 Å². The highest BCUT2D eigenvalue weighted by molar-refractivity contribution is 6.17. The maximum atomic E-state index is 10.6. The van der Waals surface area contributed by atoms with Crippen molar-refractivity contribution in [3.05, 3.63) is 28.8 Å². The van der Waals surface area contributed by atoms with Crippen molar-refractivity contribution in [2.45, 2.75) is 12.8 Å². The van der Waals surface area contributed by atoms with E-state index in [4.69, 9.17) is 16.3 Å². The van der Waals surface area contributed by atoms with Crippen LogP contribution in [-0.4, -0.2) is 13.4 Å². The second-order valence-electron chi connectivity index (χ2n) is 2.71. The summed E-state index contributed by atoms with van der Waals surface area (Å²) in [6.45, 7) is 1.87. The molecule has 70 valence electrons. The van der Waals surface area contributed by atoms with Crippen LogP contribution in [0.1, 0.15) is 21.5 Å². The van der Waals surface area contributed by atoms with Crippen molar-refractivity contribution in [1.29, 1.82) is 0 Å². The lowest BCUT2D eigenvalue weighted by atomic mass is 10.0. The molecule has 1 rings (SSSR count). The molecular formula is C10H11ClO2. The van der Waals surface area contributed by atoms with Crippen LogP contribution in [0.25, 0.3) is 0 Å². The summed E-state index contributed by atoms with van der Waals surface area (Å²) in [5, 5.41) is 0. The molecule has 1 aromatic rings. The number of benzene rings is 1. The van der Waals surface area contributed by atoms with E-state index in [0.717, 1.165) is 23.2 Å². The van der Waals surface area contributed by atoms with Crippen LogP contribution in [0.4, 0.5) is 0 Å². The van der Waals surface area contributed by atoms with Gasteiger partial charge in [0.2, 0.25) is 0 Å². The van der Waals surface area contributed by atoms with Crippen molar-refractivity contribution < 1.29 is 9.53 Å². The first-order valence-corrected chi connectivity index (χ1v) is 4.45. The molecule has 0 amide bonds. The third-order valence-electron chi connectivity index (χ3n) is 2.08. The highest BCUT2D eigenvalue weighted by Gasteiger charge is 2.08. The molecule has 0 saturated heterocycles. The Bertz CT molecular complexity index is 321. The lowest BCUT2D eigenvalue weighted by molar-refractivity contribution is 0.112. The number of carbonyl (C=O) groups excluding carboxylic acids is 1. The van der Waals surface area contributed by atoms with Gasteiger partial charge >= 0.3 is 0 Å². The van der Waals surface area contributed by atoms with Crippen LogP contribution in [0.2, 0.25) is 0 Å². The number of rotatable bonds is 3. The van der Waals surface area contributed by atoms with E-state index < -0.39 is 0 Å². The van der Waals surface area contributed by atoms with Crippen molar-refractivity contribution in [3.63, 3.8) is 0 Å². The van der Waals surface area contributed by atoms with Crippen molar-refractivity contribution >= 4 is 17.9 Å². The second kappa shape index (κ2) is 4.28. The minimum atomic E-state index is 0.358. The SMILES string of the molecule is COc1ccc(C=O)c(C)c1CCl. The second-order valence-corrected chi connectivity index (χ2v) is 2.98. The van der Waals surface area contributed by atoms with Gasteiger partial charge in [-0.1, -0.05) is 0 Å². The Balaban J connectivity index is 3.31. The first-order chi connectivity index (χ1) is 6.24. The summed E-state index contributed by atoms with van der Waals surface area (Å²) >= 11 is 5.75. The number of halogens is 1. The number of alkyl halides is 1. The molecule has 0 bridgehead atoms. The third-order valence-corrected chi connectivity index (χ3v) is 2.35. The molecule has 0 aromatic heterocycles. The molecule has 3 heteroatoms. The van der Waals surface area contributed by atoms with Crippen LogP contribution in [0.5, 0.6) is 5.75 Å². The van der Waals surface area contributed by atoms with Crippen LogP contribution < -0.4 is 4.74 Å². The maximum absolute atomic E-state index is 10.6. The van der Waals surface area contributed by atoms with Gasteiger partial charge in [-0.2, -0.15) is 0 Å². The maximum Gasteiger partial charge on any atom is 0.150 e. The zero-order valence-corrected chi connectivity index (χ0v) is 8.39. The highest BCUT2D eigenvalue weighted by Crippen LogP contribution is 2.25. The molecule has 0 saturated carbocycles. The smallest absolute Gasteiger partial charge is 0.150 e. The summed E-state index contributed by atoms with van der Waals surface area (Å²) in [5.74, 6) is 1.09. The van der Waals surface area contributed by atoms with Crippen molar-refractivity contribution in [3.8, 4) is 5.75 Å². The fraction of sp³-hybridized carbons (Fsp3) is 0.300. The molecule has 13 heavy (non-hydrogen) atoms. The van der Waals surface area contributed by atoms with Gasteiger partial charge in [-0.05, 0) is 24.6 Å². The number of methoxy groups -OCH3 is 1. The van der Waals surface area contributed by atoms with E-state index in [2.05, 4.69) is 0 Å². The molecule has 0 atom stereocenters. The van der Waals surface area contributed by atoms with E-state index in [1.54, 1.807) is 19.2 Å². The van der Waals surface area contributed by atoms with Gasteiger partial charge in [0.25, 0.3) is 0 Å². The Kier molecular flexibility index (Phi) is 3.32. The van der Waals surface area contributed by atoms with Crippen LogP contribution in [0, 0.1) is 6.92 Å². The molecule has 0 spiro atoms. The average molecular weight is 199 g/mol. The van der Waals surface area contributed by atoms with Gasteiger partial charge < -0.3 is 4.74 Å². The number of hydrogen-bond donors (Lipinski definition) is 0. The quantitative estimate of drug-likeness (QED) is 0.551. The number of ether oxygens (including phenoxy) is 1. The third kappa shape index (κ3) is 1.83. The van der Waals surface area contributed by atoms with Crippen LogP contribution in [0.3, 0.4) is 0 Å². The zero-order valence-electron chi connectivity index (χ0n) is 7.63. The average Bonchev–Trinajstić information content (AvgIpc) is 2.17. The molecule has 0 aliphatic heterocycles. The predicted molar refractivity (Wildman–Crippen MR) is 52.7 cm³/mol. The molecule has 0 aliphatic rings. The number of hydrogen-bond acceptors (Lipinski definition) is 2. The summed E-state index contributed by atoms with van der Waals surface area (Å²) in [7, 11) is 1.59. The van der Waals surface area contributed by atoms with Crippen molar-refractivity contribution in [2.75, 3.05) is 7.11 Å². The molecule has 2 nitrogen and oxygen atoms in total. The molecule has 0 radical (unpaired) electrons. The topological polar surface area (TPSA) is 26.3 Å². The van der Waals surface area contributed by atoms with Gasteiger partial charge in [-0.15, -0.1) is 11.6 Å². The van der Waals surface area contributed by atoms with E-state index in [9.17, 15) is 4.79 Å². The Labute approximate surface area is 82.5 Å². The van der Waals surface area contributed by atoms with Gasteiger partial charge in [0, 0.05) is 11.1 Å². The van der Waals surface area contributed by atoms with Gasteiger partial charge in [0.1, 0.15) is 12.0 Å². The normalized spacial score (nSPS) is 9.77. The van der Waals surface area contributed by atoms with Crippen molar-refractivity contribution in [2.24, 2.45) is 0 Å². The van der Waals surface area contributed by atoms with Gasteiger partial charge in [-0.3, -0.25) is 4.79 Å². The van der Waals surface area contributed by atoms with Gasteiger partial charge in [-0.25, -0.2) is 0 Å². The number of carbonyl (C=O) groups is 1. The lowest BCUT2D eigenvalue weighted by Crippen LogP contribution is -1.96. The first kappa shape index (κ1) is 10.1. The summed E-state index contributed by atoms with van der Waals surface area (Å²) < 4.78 is 5.12. The molecule has 1 aromatic carbocycles. The van der Waals surface area contributed by atoms with Crippen molar-refractivity contribution in [1.82, 2.24) is 0 Å². The highest BCUT2D eigenvalue weighted by atomic mass is 35.5. The molecule has 0 unspecified atom stereocenters. The number of aldehydes is 1. The van der Waals surface area contributed by atoms with E-state index in [1.807, 2.05) is 6.92 Å². The molecule has 0 fully saturated rings. The molecule has 0 aliphatic carbocycles. The summed E-state index contributed by atoms with van der Waals surface area (Å²) in [5.41, 5.74) is 2.44. The largest absolute Gasteiger partial charge is 0.496 e. The summed E-state index contributed by atoms with van der Waals surface area (Å²) in [6, 6.07) is 3.49. The summed E-state index contributed by atoms with van der Waals surface area (Å²) in [4.78, 5) is 10.6. The first-order valence-electron chi connectivity index (χ1n) is 3.92. The minimum absolute atomic E-state index is 0.358. The van der Waals surface area contributed by atoms with E-state index in [0.29, 0.717) is 11.4 Å². The Morgan fingerprint density at radius 3 is 2.69 bits per heavy atom. The minimum Gasteiger partial charge on any atom is -0.496 e. The molecule has 0 N–H and O–H groups in total. The van der Waals surface area contributed by atoms with Gasteiger partial charge in [0.15, 0.2) is 0 Å². The lowest BCUT2D eigenvalue weighted by Gasteiger charge is -2.10. The van der Waals surface area contributed by atoms with Gasteiger partial charge in [0.05, 0.1) is 13.0 Å². The Morgan fingerprint density at radius 2 is 2.23 bits per heavy atom. The monoisotopic (exact) mass is 198 g/mol. The standard InChI is InChI=1S/C10H11ClO2/c1-7-8(6-12)3-4-10(13-2)9(7)5-11/h3-4,6H,5H2,1-2H3. The fourth-order valence-electron chi connectivity index (χ4n) is 1.24. The van der Waals surface area contributed by atoms with E-state index in [-0.39, 0.29) is 0 Å². The van der Waals surface area contributed by atoms with E-state index >= 15 is 0 Å². The molecular weight excluding hydrogens is 188 g/mol. The van der Waals surface area contributed by atoms with Crippen LogP contribution in [-0.2, 0) is 5.88 Å². The zero-order chi connectivity index (χ0) is 9.84. The van der Waals surface area contributed by atoms with Crippen LogP contribution in [0.15, 0.2) is 12.1 Å². The van der Waals surface area contributed by atoms with Crippen LogP contribution >= 0.6 is 11.6 Å². The summed E-state index contributed by atoms with van der Waals surface area (Å²) in [6.07, 6.45) is 0.824. The molecule has 0 heterocycles. The predicted octanol–water partition coefficient (Wildman–Crippen LogP) is 2.55. The fourth-order valence-corrected chi connectivity index (χ4v) is 1.57. The Hall–Kier alpha value is -1.02.